The molecule has 0 aliphatic rings. The van der Waals surface area contributed by atoms with Crippen molar-refractivity contribution >= 4 is 5.97 Å². The van der Waals surface area contributed by atoms with Gasteiger partial charge in [0.15, 0.2) is 0 Å². The molecule has 0 aromatic rings. The first-order valence-corrected chi connectivity index (χ1v) is 20.2. The fraction of sp³-hybridized carbons (Fsp3) is 0.791. The highest BCUT2D eigenvalue weighted by Crippen LogP contribution is 2.14. The number of hydrogen-bond donors (Lipinski definition) is 1. The number of aliphatic hydroxyl groups is 1. The van der Waals surface area contributed by atoms with Gasteiger partial charge in [-0.2, -0.15) is 0 Å². The summed E-state index contributed by atoms with van der Waals surface area (Å²) in [4.78, 5) is 12.1. The monoisotopic (exact) mass is 659 g/mol. The highest BCUT2D eigenvalue weighted by molar-refractivity contribution is 5.69. The number of hydrogen-bond acceptors (Lipinski definition) is 4. The van der Waals surface area contributed by atoms with E-state index in [0.717, 1.165) is 44.9 Å². The maximum atomic E-state index is 12.1. The summed E-state index contributed by atoms with van der Waals surface area (Å²) in [6, 6.07) is 0. The van der Waals surface area contributed by atoms with E-state index in [1.807, 2.05) is 0 Å². The first kappa shape index (κ1) is 45.3. The molecule has 1 N–H and O–H groups in total. The van der Waals surface area contributed by atoms with Crippen LogP contribution < -0.4 is 0 Å². The highest BCUT2D eigenvalue weighted by atomic mass is 16.6. The van der Waals surface area contributed by atoms with Gasteiger partial charge < -0.3 is 14.6 Å². The molecule has 0 fully saturated rings. The molecule has 0 aromatic carbocycles. The first-order valence-electron chi connectivity index (χ1n) is 20.2. The van der Waals surface area contributed by atoms with E-state index in [0.29, 0.717) is 19.6 Å². The molecule has 274 valence electrons. The van der Waals surface area contributed by atoms with Crippen LogP contribution in [0.2, 0.25) is 0 Å². The number of carbonyl (C=O) groups excluding carboxylic acids is 1. The molecule has 0 saturated carbocycles. The van der Waals surface area contributed by atoms with Crippen LogP contribution in [-0.2, 0) is 14.3 Å². The zero-order valence-electron chi connectivity index (χ0n) is 31.3. The summed E-state index contributed by atoms with van der Waals surface area (Å²) in [5.74, 6) is -0.205. The van der Waals surface area contributed by atoms with Crippen molar-refractivity contribution in [3.8, 4) is 0 Å². The Kier molecular flexibility index (Phi) is 39.1. The lowest BCUT2D eigenvalue weighted by atomic mass is 10.0. The van der Waals surface area contributed by atoms with Crippen molar-refractivity contribution in [1.29, 1.82) is 0 Å². The molecular formula is C43H78O4. The molecule has 0 aliphatic carbocycles. The minimum atomic E-state index is -0.530. The zero-order chi connectivity index (χ0) is 34.1. The summed E-state index contributed by atoms with van der Waals surface area (Å²) >= 11 is 0. The van der Waals surface area contributed by atoms with Crippen LogP contribution in [0.4, 0.5) is 0 Å². The average molecular weight is 659 g/mol. The Labute approximate surface area is 292 Å². The summed E-state index contributed by atoms with van der Waals surface area (Å²) in [5, 5.41) is 9.54. The van der Waals surface area contributed by atoms with E-state index in [1.54, 1.807) is 0 Å². The van der Waals surface area contributed by atoms with Gasteiger partial charge in [0, 0.05) is 13.0 Å². The van der Waals surface area contributed by atoms with E-state index < -0.39 is 6.10 Å². The van der Waals surface area contributed by atoms with E-state index in [1.165, 1.54) is 128 Å². The zero-order valence-corrected chi connectivity index (χ0v) is 31.3. The predicted octanol–water partition coefficient (Wildman–Crippen LogP) is 13.1. The van der Waals surface area contributed by atoms with Gasteiger partial charge in [-0.3, -0.25) is 4.79 Å². The second kappa shape index (κ2) is 40.5. The SMILES string of the molecule is CC/C=C\C/C=C\C/C=C\C/C=C\CCCCCCCCCCCCCCCOCC(CO)OC(=O)CCCCCCCCCCC. The molecule has 0 amide bonds. The number of ether oxygens (including phenoxy) is 2. The quantitative estimate of drug-likeness (QED) is 0.0410. The summed E-state index contributed by atoms with van der Waals surface area (Å²) in [5.41, 5.74) is 0. The molecule has 0 aromatic heterocycles. The molecular weight excluding hydrogens is 580 g/mol. The Morgan fingerprint density at radius 1 is 0.532 bits per heavy atom. The number of unbranched alkanes of at least 4 members (excludes halogenated alkanes) is 21. The molecule has 0 radical (unpaired) electrons. The van der Waals surface area contributed by atoms with Crippen LogP contribution in [0.15, 0.2) is 48.6 Å². The van der Waals surface area contributed by atoms with Crippen molar-refractivity contribution in [1.82, 2.24) is 0 Å². The molecule has 0 heterocycles. The summed E-state index contributed by atoms with van der Waals surface area (Å²) in [7, 11) is 0. The first-order chi connectivity index (χ1) is 23.2. The van der Waals surface area contributed by atoms with Crippen LogP contribution in [0.25, 0.3) is 0 Å². The third kappa shape index (κ3) is 38.7. The van der Waals surface area contributed by atoms with Crippen molar-refractivity contribution in [3.63, 3.8) is 0 Å². The third-order valence-electron chi connectivity index (χ3n) is 8.67. The van der Waals surface area contributed by atoms with Gasteiger partial charge in [-0.05, 0) is 51.4 Å². The lowest BCUT2D eigenvalue weighted by Crippen LogP contribution is -2.27. The van der Waals surface area contributed by atoms with Crippen LogP contribution in [0.3, 0.4) is 0 Å². The maximum absolute atomic E-state index is 12.1. The Balaban J connectivity index is 3.38. The minimum absolute atomic E-state index is 0.170. The highest BCUT2D eigenvalue weighted by Gasteiger charge is 2.13. The van der Waals surface area contributed by atoms with Gasteiger partial charge in [0.1, 0.15) is 6.10 Å². The standard InChI is InChI=1S/C43H78O4/c1-3-5-7-9-11-13-14-15-16-17-18-19-20-21-22-23-24-25-26-27-28-29-31-33-35-37-39-46-41-42(40-44)47-43(45)38-36-34-32-30-12-10-8-6-4-2/h5,7,11,13,15-16,18-19,42,44H,3-4,6,8-10,12,14,17,20-41H2,1-2H3/b7-5-,13-11-,16-15-,19-18-. The molecule has 4 nitrogen and oxygen atoms in total. The van der Waals surface area contributed by atoms with Crippen molar-refractivity contribution < 1.29 is 19.4 Å². The van der Waals surface area contributed by atoms with Gasteiger partial charge in [-0.1, -0.05) is 184 Å². The van der Waals surface area contributed by atoms with Crippen LogP contribution >= 0.6 is 0 Å². The molecule has 47 heavy (non-hydrogen) atoms. The maximum Gasteiger partial charge on any atom is 0.306 e. The van der Waals surface area contributed by atoms with Gasteiger partial charge in [0.2, 0.25) is 0 Å². The van der Waals surface area contributed by atoms with Crippen molar-refractivity contribution in [2.45, 2.75) is 200 Å². The second-order valence-corrected chi connectivity index (χ2v) is 13.3. The Hall–Kier alpha value is -1.65. The van der Waals surface area contributed by atoms with Crippen molar-refractivity contribution in [2.24, 2.45) is 0 Å². The molecule has 1 unspecified atom stereocenters. The lowest BCUT2D eigenvalue weighted by molar-refractivity contribution is -0.154. The smallest absolute Gasteiger partial charge is 0.306 e. The third-order valence-corrected chi connectivity index (χ3v) is 8.67. The Morgan fingerprint density at radius 2 is 0.957 bits per heavy atom. The fourth-order valence-electron chi connectivity index (χ4n) is 5.67. The predicted molar refractivity (Wildman–Crippen MR) is 205 cm³/mol. The van der Waals surface area contributed by atoms with Gasteiger partial charge in [-0.15, -0.1) is 0 Å². The minimum Gasteiger partial charge on any atom is -0.457 e. The summed E-state index contributed by atoms with van der Waals surface area (Å²) in [6.45, 7) is 5.22. The number of allylic oxidation sites excluding steroid dienone is 8. The molecule has 0 aliphatic heterocycles. The average Bonchev–Trinajstić information content (AvgIpc) is 3.08. The van der Waals surface area contributed by atoms with Gasteiger partial charge in [0.25, 0.3) is 0 Å². The van der Waals surface area contributed by atoms with Crippen LogP contribution in [-0.4, -0.2) is 37.0 Å². The fourth-order valence-corrected chi connectivity index (χ4v) is 5.67. The normalized spacial score (nSPS) is 12.8. The molecule has 1 atom stereocenters. The Bertz CT molecular complexity index is 738. The molecule has 4 heteroatoms. The van der Waals surface area contributed by atoms with E-state index in [-0.39, 0.29) is 12.6 Å². The van der Waals surface area contributed by atoms with Crippen molar-refractivity contribution in [2.75, 3.05) is 19.8 Å². The summed E-state index contributed by atoms with van der Waals surface area (Å²) in [6.07, 6.45) is 51.8. The largest absolute Gasteiger partial charge is 0.457 e. The number of aliphatic hydroxyl groups excluding tert-OH is 1. The molecule has 0 rings (SSSR count). The van der Waals surface area contributed by atoms with E-state index in [2.05, 4.69) is 62.5 Å². The number of carbonyl (C=O) groups is 1. The summed E-state index contributed by atoms with van der Waals surface area (Å²) < 4.78 is 11.1. The van der Waals surface area contributed by atoms with Gasteiger partial charge >= 0.3 is 5.97 Å². The van der Waals surface area contributed by atoms with E-state index in [9.17, 15) is 9.90 Å². The van der Waals surface area contributed by atoms with Gasteiger partial charge in [-0.25, -0.2) is 0 Å². The topological polar surface area (TPSA) is 55.8 Å². The van der Waals surface area contributed by atoms with Crippen molar-refractivity contribution in [3.05, 3.63) is 48.6 Å². The van der Waals surface area contributed by atoms with Crippen LogP contribution in [0, 0.1) is 0 Å². The van der Waals surface area contributed by atoms with Crippen LogP contribution in [0.5, 0.6) is 0 Å². The van der Waals surface area contributed by atoms with E-state index >= 15 is 0 Å². The van der Waals surface area contributed by atoms with Crippen LogP contribution in [0.1, 0.15) is 194 Å². The van der Waals surface area contributed by atoms with E-state index in [4.69, 9.17) is 9.47 Å². The molecule has 0 spiro atoms. The van der Waals surface area contributed by atoms with Gasteiger partial charge in [0.05, 0.1) is 13.2 Å². The number of rotatable bonds is 37. The molecule has 0 saturated heterocycles. The lowest BCUT2D eigenvalue weighted by Gasteiger charge is -2.16. The molecule has 0 bridgehead atoms. The number of esters is 1. The second-order valence-electron chi connectivity index (χ2n) is 13.3. The Morgan fingerprint density at radius 3 is 1.45 bits per heavy atom.